The molecule has 0 aliphatic carbocycles. The van der Waals surface area contributed by atoms with E-state index >= 15 is 0 Å². The average molecular weight is 404 g/mol. The van der Waals surface area contributed by atoms with Crippen LogP contribution in [0.5, 0.6) is 0 Å². The number of nitrogens with zero attached hydrogens (tertiary/aromatic N) is 4. The molecule has 0 radical (unpaired) electrons. The fourth-order valence-corrected chi connectivity index (χ4v) is 2.54. The van der Waals surface area contributed by atoms with Gasteiger partial charge in [0.15, 0.2) is 5.65 Å². The van der Waals surface area contributed by atoms with Crippen LogP contribution in [0.2, 0.25) is 0 Å². The number of hydrogen-bond donors (Lipinski definition) is 2. The molecule has 1 amide bonds. The highest BCUT2D eigenvalue weighted by molar-refractivity contribution is 6.04. The summed E-state index contributed by atoms with van der Waals surface area (Å²) in [5, 5.41) is 7.19. The molecule has 10 heteroatoms. The molecule has 4 rings (SSSR count). The van der Waals surface area contributed by atoms with E-state index in [1.807, 2.05) is 0 Å². The molecule has 3 heterocycles. The van der Waals surface area contributed by atoms with E-state index in [0.717, 1.165) is 17.8 Å². The Balaban J connectivity index is 0.000000186. The van der Waals surface area contributed by atoms with E-state index in [-0.39, 0.29) is 11.4 Å². The highest BCUT2D eigenvalue weighted by Crippen LogP contribution is 2.18. The second kappa shape index (κ2) is 7.90. The number of carbonyl (C=O) groups is 1. The van der Waals surface area contributed by atoms with Gasteiger partial charge in [-0.25, -0.2) is 18.2 Å². The van der Waals surface area contributed by atoms with Crippen molar-refractivity contribution in [2.45, 2.75) is 25.8 Å². The third-order valence-corrected chi connectivity index (χ3v) is 4.37. The predicted molar refractivity (Wildman–Crippen MR) is 102 cm³/mol. The SMILES string of the molecule is C[C@@H](NC(=O)c1c[nH]c2nccnc12)C(C)(F)F.Cn1ncc2ccc(F)cc21. The molecule has 1 atom stereocenters. The van der Waals surface area contributed by atoms with Crippen molar-refractivity contribution in [3.05, 3.63) is 54.4 Å². The number of H-pyrrole nitrogens is 1. The Labute approximate surface area is 164 Å². The number of aryl methyl sites for hydroxylation is 1. The van der Waals surface area contributed by atoms with Crippen LogP contribution >= 0.6 is 0 Å². The van der Waals surface area contributed by atoms with Crippen LogP contribution in [-0.2, 0) is 7.05 Å². The van der Waals surface area contributed by atoms with Crippen molar-refractivity contribution in [1.29, 1.82) is 0 Å². The van der Waals surface area contributed by atoms with Crippen LogP contribution in [0.25, 0.3) is 22.1 Å². The molecule has 0 aliphatic heterocycles. The van der Waals surface area contributed by atoms with E-state index < -0.39 is 17.9 Å². The van der Waals surface area contributed by atoms with Crippen molar-refractivity contribution >= 4 is 28.0 Å². The molecule has 2 N–H and O–H groups in total. The zero-order valence-corrected chi connectivity index (χ0v) is 15.9. The number of hydrogen-bond acceptors (Lipinski definition) is 4. The molecule has 0 spiro atoms. The number of aromatic nitrogens is 5. The standard InChI is InChI=1S/C11H12F2N4O.C8H7FN2/c1-6(11(2,12)13)17-10(18)7-5-16-9-8(7)14-3-4-15-9;1-11-8-4-7(9)3-2-6(8)5-10-11/h3-6H,1-2H3,(H,15,16)(H,17,18);2-5H,1H3/t6-;/m1./s1. The van der Waals surface area contributed by atoms with Crippen LogP contribution in [-0.4, -0.2) is 42.6 Å². The van der Waals surface area contributed by atoms with Gasteiger partial charge >= 0.3 is 0 Å². The Hall–Kier alpha value is -3.43. The second-order valence-electron chi connectivity index (χ2n) is 6.58. The number of alkyl halides is 2. The maximum absolute atomic E-state index is 13.0. The summed E-state index contributed by atoms with van der Waals surface area (Å²) in [5.74, 6) is -3.80. The molecule has 152 valence electrons. The number of halogens is 3. The molecule has 29 heavy (non-hydrogen) atoms. The van der Waals surface area contributed by atoms with Crippen molar-refractivity contribution in [1.82, 2.24) is 30.0 Å². The maximum Gasteiger partial charge on any atom is 0.264 e. The van der Waals surface area contributed by atoms with Gasteiger partial charge in [0.2, 0.25) is 0 Å². The van der Waals surface area contributed by atoms with Crippen LogP contribution in [0.3, 0.4) is 0 Å². The first-order chi connectivity index (χ1) is 13.7. The van der Waals surface area contributed by atoms with Crippen LogP contribution in [0, 0.1) is 5.82 Å². The third kappa shape index (κ3) is 4.53. The monoisotopic (exact) mass is 404 g/mol. The molecule has 0 bridgehead atoms. The van der Waals surface area contributed by atoms with Gasteiger partial charge in [0.25, 0.3) is 11.8 Å². The minimum atomic E-state index is -2.98. The molecule has 4 aromatic rings. The predicted octanol–water partition coefficient (Wildman–Crippen LogP) is 3.44. The van der Waals surface area contributed by atoms with Crippen molar-refractivity contribution in [3.63, 3.8) is 0 Å². The Kier molecular flexibility index (Phi) is 5.53. The van der Waals surface area contributed by atoms with E-state index in [4.69, 9.17) is 0 Å². The number of fused-ring (bicyclic) bond motifs is 2. The summed E-state index contributed by atoms with van der Waals surface area (Å²) in [7, 11) is 1.79. The largest absolute Gasteiger partial charge is 0.344 e. The zero-order chi connectivity index (χ0) is 21.2. The lowest BCUT2D eigenvalue weighted by Gasteiger charge is -2.20. The number of carbonyl (C=O) groups excluding carboxylic acids is 1. The van der Waals surface area contributed by atoms with Crippen LogP contribution in [0.4, 0.5) is 13.2 Å². The van der Waals surface area contributed by atoms with Gasteiger partial charge in [-0.05, 0) is 25.1 Å². The first kappa shape index (κ1) is 20.3. The van der Waals surface area contributed by atoms with Crippen molar-refractivity contribution in [2.75, 3.05) is 0 Å². The van der Waals surface area contributed by atoms with Crippen molar-refractivity contribution in [2.24, 2.45) is 7.05 Å². The van der Waals surface area contributed by atoms with Crippen molar-refractivity contribution in [3.8, 4) is 0 Å². The molecule has 0 unspecified atom stereocenters. The Bertz CT molecular complexity index is 1150. The number of rotatable bonds is 3. The molecule has 0 aliphatic rings. The summed E-state index contributed by atoms with van der Waals surface area (Å²) in [6, 6.07) is 3.37. The van der Waals surface area contributed by atoms with Crippen LogP contribution in [0.1, 0.15) is 24.2 Å². The topological polar surface area (TPSA) is 88.5 Å². The molecular formula is C19H19F3N6O. The van der Waals surface area contributed by atoms with E-state index in [9.17, 15) is 18.0 Å². The molecule has 0 saturated heterocycles. The maximum atomic E-state index is 13.0. The highest BCUT2D eigenvalue weighted by atomic mass is 19.3. The summed E-state index contributed by atoms with van der Waals surface area (Å²) < 4.78 is 40.3. The van der Waals surface area contributed by atoms with Gasteiger partial charge in [-0.1, -0.05) is 0 Å². The van der Waals surface area contributed by atoms with E-state index in [2.05, 4.69) is 25.4 Å². The van der Waals surface area contributed by atoms with Crippen molar-refractivity contribution < 1.29 is 18.0 Å². The molecule has 0 fully saturated rings. The van der Waals surface area contributed by atoms with Gasteiger partial charge in [0.1, 0.15) is 11.3 Å². The Morgan fingerprint density at radius 1 is 1.28 bits per heavy atom. The molecule has 7 nitrogen and oxygen atoms in total. The second-order valence-corrected chi connectivity index (χ2v) is 6.58. The third-order valence-electron chi connectivity index (χ3n) is 4.37. The fourth-order valence-electron chi connectivity index (χ4n) is 2.54. The minimum Gasteiger partial charge on any atom is -0.344 e. The summed E-state index contributed by atoms with van der Waals surface area (Å²) in [4.78, 5) is 22.6. The highest BCUT2D eigenvalue weighted by Gasteiger charge is 2.32. The number of aromatic amines is 1. The molecule has 0 saturated carbocycles. The van der Waals surface area contributed by atoms with Gasteiger partial charge in [0.05, 0.1) is 23.3 Å². The summed E-state index contributed by atoms with van der Waals surface area (Å²) in [5.41, 5.74) is 1.83. The summed E-state index contributed by atoms with van der Waals surface area (Å²) >= 11 is 0. The lowest BCUT2D eigenvalue weighted by atomic mass is 10.2. The fraction of sp³-hybridized carbons (Fsp3) is 0.263. The van der Waals surface area contributed by atoms with Gasteiger partial charge in [-0.2, -0.15) is 5.10 Å². The smallest absolute Gasteiger partial charge is 0.264 e. The van der Waals surface area contributed by atoms with Gasteiger partial charge < -0.3 is 10.3 Å². The van der Waals surface area contributed by atoms with E-state index in [0.29, 0.717) is 11.2 Å². The van der Waals surface area contributed by atoms with E-state index in [1.54, 1.807) is 24.0 Å². The number of amides is 1. The Morgan fingerprint density at radius 3 is 2.72 bits per heavy atom. The lowest BCUT2D eigenvalue weighted by Crippen LogP contribution is -2.43. The molecule has 3 aromatic heterocycles. The van der Waals surface area contributed by atoms with Crippen LogP contribution in [0.15, 0.2) is 43.0 Å². The number of benzene rings is 1. The zero-order valence-electron chi connectivity index (χ0n) is 15.9. The summed E-state index contributed by atoms with van der Waals surface area (Å²) in [6.07, 6.45) is 6.03. The van der Waals surface area contributed by atoms with E-state index in [1.165, 1.54) is 37.6 Å². The molecule has 1 aromatic carbocycles. The minimum absolute atomic E-state index is 0.203. The first-order valence-corrected chi connectivity index (χ1v) is 8.71. The quantitative estimate of drug-likeness (QED) is 0.548. The normalized spacial score (nSPS) is 12.5. The summed E-state index contributed by atoms with van der Waals surface area (Å²) in [6.45, 7) is 2.01. The average Bonchev–Trinajstić information content (AvgIpc) is 3.25. The molecular weight excluding hydrogens is 385 g/mol. The number of nitrogens with one attached hydrogen (secondary N) is 2. The lowest BCUT2D eigenvalue weighted by molar-refractivity contribution is -0.0108. The van der Waals surface area contributed by atoms with Gasteiger partial charge in [0, 0.05) is 37.9 Å². The first-order valence-electron chi connectivity index (χ1n) is 8.71. The Morgan fingerprint density at radius 2 is 2.00 bits per heavy atom. The van der Waals surface area contributed by atoms with Gasteiger partial charge in [-0.15, -0.1) is 0 Å². The van der Waals surface area contributed by atoms with Crippen LogP contribution < -0.4 is 5.32 Å². The van der Waals surface area contributed by atoms with Gasteiger partial charge in [-0.3, -0.25) is 14.5 Å².